The number of piperidine rings is 1. The molecule has 1 aliphatic rings. The van der Waals surface area contributed by atoms with E-state index >= 15 is 0 Å². The number of hydrogen-bond donors (Lipinski definition) is 6. The van der Waals surface area contributed by atoms with E-state index < -0.39 is 17.8 Å². The number of carbonyl (C=O) groups is 5. The number of nitrogens with one attached hydrogen (secondary N) is 3. The summed E-state index contributed by atoms with van der Waals surface area (Å²) in [6.07, 6.45) is 1.44. The van der Waals surface area contributed by atoms with E-state index in [1.54, 1.807) is 9.80 Å². The lowest BCUT2D eigenvalue weighted by atomic mass is 10.1. The van der Waals surface area contributed by atoms with Crippen LogP contribution in [0, 0.1) is 4.91 Å². The number of nitrogens with two attached hydrogens (primary N) is 1. The summed E-state index contributed by atoms with van der Waals surface area (Å²) in [6, 6.07) is 0.0180. The number of carboxylic acids is 2. The summed E-state index contributed by atoms with van der Waals surface area (Å²) in [7, 11) is 0. The number of aliphatic carboxylic acids is 2. The van der Waals surface area contributed by atoms with E-state index in [0.717, 1.165) is 12.8 Å². The van der Waals surface area contributed by atoms with Crippen molar-refractivity contribution >= 4 is 29.7 Å². The Morgan fingerprint density at radius 3 is 1.84 bits per heavy atom. The molecule has 0 atom stereocenters. The molecule has 7 N–H and O–H groups in total. The first-order chi connectivity index (χ1) is 17.6. The Balaban J connectivity index is 2.36. The Bertz CT molecular complexity index is 776. The molecule has 0 radical (unpaired) electrons. The maximum atomic E-state index is 12.2. The number of likely N-dealkylation sites (tertiary alicyclic amines) is 1. The van der Waals surface area contributed by atoms with E-state index in [1.807, 2.05) is 4.90 Å². The predicted octanol–water partition coefficient (Wildman–Crippen LogP) is -3.70. The molecule has 16 nitrogen and oxygen atoms in total. The third-order valence-corrected chi connectivity index (χ3v) is 5.66. The third-order valence-electron chi connectivity index (χ3n) is 5.66. The Labute approximate surface area is 214 Å². The van der Waals surface area contributed by atoms with E-state index in [9.17, 15) is 34.0 Å². The van der Waals surface area contributed by atoms with Gasteiger partial charge in [-0.25, -0.2) is 0 Å². The molecule has 0 saturated carbocycles. The molecule has 37 heavy (non-hydrogen) atoms. The van der Waals surface area contributed by atoms with Gasteiger partial charge >= 0.3 is 11.9 Å². The van der Waals surface area contributed by atoms with Crippen LogP contribution in [0.25, 0.3) is 0 Å². The van der Waals surface area contributed by atoms with E-state index in [2.05, 4.69) is 21.1 Å². The van der Waals surface area contributed by atoms with Crippen molar-refractivity contribution in [2.24, 2.45) is 10.9 Å². The summed E-state index contributed by atoms with van der Waals surface area (Å²) in [4.78, 5) is 71.8. The van der Waals surface area contributed by atoms with Crippen LogP contribution in [-0.4, -0.2) is 146 Å². The van der Waals surface area contributed by atoms with Crippen molar-refractivity contribution in [3.63, 3.8) is 0 Å². The first kappa shape index (κ1) is 32.0. The number of amides is 3. The molecule has 1 aliphatic heterocycles. The van der Waals surface area contributed by atoms with Gasteiger partial charge in [-0.1, -0.05) is 0 Å². The van der Waals surface area contributed by atoms with Gasteiger partial charge in [-0.3, -0.25) is 38.7 Å². The Kier molecular flexibility index (Phi) is 15.8. The van der Waals surface area contributed by atoms with E-state index in [1.165, 1.54) is 0 Å². The highest BCUT2D eigenvalue weighted by atomic mass is 16.4. The van der Waals surface area contributed by atoms with Gasteiger partial charge in [0.2, 0.25) is 11.8 Å². The van der Waals surface area contributed by atoms with Crippen LogP contribution in [0.5, 0.6) is 0 Å². The number of nitrogens with zero attached hydrogens (tertiary/aromatic N) is 4. The number of carboxylic acid groups (broad SMARTS) is 2. The van der Waals surface area contributed by atoms with E-state index in [-0.39, 0.29) is 76.8 Å². The molecule has 0 aromatic rings. The summed E-state index contributed by atoms with van der Waals surface area (Å²) in [5, 5.41) is 29.2. The lowest BCUT2D eigenvalue weighted by Crippen LogP contribution is -2.49. The first-order valence-electron chi connectivity index (χ1n) is 12.0. The van der Waals surface area contributed by atoms with Crippen molar-refractivity contribution in [3.05, 3.63) is 4.91 Å². The average Bonchev–Trinajstić information content (AvgIpc) is 2.82. The Hall–Kier alpha value is -3.05. The highest BCUT2D eigenvalue weighted by Crippen LogP contribution is 2.09. The van der Waals surface area contributed by atoms with Crippen LogP contribution in [0.4, 0.5) is 0 Å². The second-order valence-corrected chi connectivity index (χ2v) is 8.76. The second kappa shape index (κ2) is 18.2. The van der Waals surface area contributed by atoms with Gasteiger partial charge in [0.1, 0.15) is 0 Å². The van der Waals surface area contributed by atoms with Crippen molar-refractivity contribution in [2.45, 2.75) is 18.9 Å². The second-order valence-electron chi connectivity index (χ2n) is 8.76. The van der Waals surface area contributed by atoms with Gasteiger partial charge in [0.25, 0.3) is 5.91 Å². The van der Waals surface area contributed by atoms with E-state index in [0.29, 0.717) is 26.2 Å². The number of carbonyl (C=O) groups excluding carboxylic acids is 3. The molecule has 16 heteroatoms. The maximum absolute atomic E-state index is 12.2. The topological polar surface area (TPSA) is 227 Å². The summed E-state index contributed by atoms with van der Waals surface area (Å²) in [5.74, 6) is -3.50. The van der Waals surface area contributed by atoms with Crippen LogP contribution in [0.2, 0.25) is 0 Å². The van der Waals surface area contributed by atoms with Gasteiger partial charge < -0.3 is 31.9 Å². The third kappa shape index (κ3) is 16.3. The first-order valence-corrected chi connectivity index (χ1v) is 12.0. The van der Waals surface area contributed by atoms with Gasteiger partial charge in [-0.05, 0) is 12.8 Å². The molecule has 1 saturated heterocycles. The standard InChI is InChI=1S/C21H38N8O8/c22-17(30)13-27-5-1-16(2-6-27)25-18(31)11-23-3-7-28(14-20(33)34)9-10-29(15-21(35)36)8-4-24-12-19(32)26-37/h16,23-24H,1-15H2,(H2,22,30)(H,25,31)(H,33,34)(H,35,36). The zero-order valence-corrected chi connectivity index (χ0v) is 20.9. The molecule has 210 valence electrons. The average molecular weight is 531 g/mol. The zero-order chi connectivity index (χ0) is 27.6. The fraction of sp³-hybridized carbons (Fsp3) is 0.762. The molecule has 3 amide bonds. The van der Waals surface area contributed by atoms with Crippen molar-refractivity contribution in [1.29, 1.82) is 0 Å². The monoisotopic (exact) mass is 530 g/mol. The van der Waals surface area contributed by atoms with Crippen LogP contribution in [0.15, 0.2) is 5.18 Å². The molecule has 0 aliphatic carbocycles. The minimum absolute atomic E-state index is 0.0180. The highest BCUT2D eigenvalue weighted by molar-refractivity contribution is 5.79. The summed E-state index contributed by atoms with van der Waals surface area (Å²) in [6.45, 7) is 2.55. The smallest absolute Gasteiger partial charge is 0.317 e. The minimum atomic E-state index is -1.05. The number of hydrogen-bond acceptors (Lipinski definition) is 11. The molecule has 0 aromatic heterocycles. The van der Waals surface area contributed by atoms with Crippen molar-refractivity contribution < 1.29 is 34.2 Å². The molecular weight excluding hydrogens is 492 g/mol. The van der Waals surface area contributed by atoms with Crippen LogP contribution < -0.4 is 21.7 Å². The van der Waals surface area contributed by atoms with E-state index in [4.69, 9.17) is 10.8 Å². The van der Waals surface area contributed by atoms with Gasteiger partial charge in [0, 0.05) is 63.6 Å². The van der Waals surface area contributed by atoms with Gasteiger partial charge in [-0.15, -0.1) is 4.91 Å². The summed E-state index contributed by atoms with van der Waals surface area (Å²) < 4.78 is 0. The van der Waals surface area contributed by atoms with Gasteiger partial charge in [0.05, 0.1) is 32.7 Å². The lowest BCUT2D eigenvalue weighted by molar-refractivity contribution is -0.140. The maximum Gasteiger partial charge on any atom is 0.317 e. The van der Waals surface area contributed by atoms with Gasteiger partial charge in [0.15, 0.2) is 0 Å². The summed E-state index contributed by atoms with van der Waals surface area (Å²) in [5.41, 5.74) is 5.20. The largest absolute Gasteiger partial charge is 0.480 e. The molecule has 0 spiro atoms. The fourth-order valence-electron chi connectivity index (χ4n) is 3.84. The fourth-order valence-corrected chi connectivity index (χ4v) is 3.84. The molecule has 1 heterocycles. The minimum Gasteiger partial charge on any atom is -0.480 e. The predicted molar refractivity (Wildman–Crippen MR) is 131 cm³/mol. The molecule has 0 aromatic carbocycles. The highest BCUT2D eigenvalue weighted by Gasteiger charge is 2.21. The summed E-state index contributed by atoms with van der Waals surface area (Å²) >= 11 is 0. The quantitative estimate of drug-likeness (QED) is 0.0658. The number of primary amides is 1. The van der Waals surface area contributed by atoms with Crippen molar-refractivity contribution in [3.8, 4) is 0 Å². The van der Waals surface area contributed by atoms with Crippen LogP contribution in [0.1, 0.15) is 12.8 Å². The normalized spacial score (nSPS) is 14.5. The lowest BCUT2D eigenvalue weighted by Gasteiger charge is -2.31. The van der Waals surface area contributed by atoms with Gasteiger partial charge in [-0.2, -0.15) is 0 Å². The molecule has 0 bridgehead atoms. The Morgan fingerprint density at radius 1 is 0.865 bits per heavy atom. The molecular formula is C21H38N8O8. The Morgan fingerprint density at radius 2 is 1.38 bits per heavy atom. The van der Waals surface area contributed by atoms with Crippen LogP contribution >= 0.6 is 0 Å². The molecule has 1 rings (SSSR count). The SMILES string of the molecule is NC(=O)CN1CCC(NC(=O)CNCCN(CCN(CCNCC(=O)N=O)CC(=O)O)CC(=O)O)CC1. The number of rotatable bonds is 20. The van der Waals surface area contributed by atoms with Crippen LogP contribution in [0.3, 0.4) is 0 Å². The molecule has 1 fully saturated rings. The molecule has 0 unspecified atom stereocenters. The van der Waals surface area contributed by atoms with Crippen molar-refractivity contribution in [1.82, 2.24) is 30.7 Å². The zero-order valence-electron chi connectivity index (χ0n) is 20.9. The van der Waals surface area contributed by atoms with Crippen LogP contribution in [-0.2, 0) is 24.0 Å². The number of nitroso groups, excluding NO2 is 1. The van der Waals surface area contributed by atoms with Crippen molar-refractivity contribution in [2.75, 3.05) is 85.1 Å².